The molecular formula is C15H18N2O. The van der Waals surface area contributed by atoms with Gasteiger partial charge in [0.05, 0.1) is 16.8 Å². The van der Waals surface area contributed by atoms with Crippen LogP contribution in [0.5, 0.6) is 0 Å². The van der Waals surface area contributed by atoms with Crippen molar-refractivity contribution in [3.05, 3.63) is 24.3 Å². The minimum Gasteiger partial charge on any atom is -0.361 e. The number of anilines is 2. The van der Waals surface area contributed by atoms with Gasteiger partial charge in [-0.3, -0.25) is 9.69 Å². The summed E-state index contributed by atoms with van der Waals surface area (Å²) in [5.41, 5.74) is 1.88. The van der Waals surface area contributed by atoms with Crippen molar-refractivity contribution in [2.75, 3.05) is 10.2 Å². The van der Waals surface area contributed by atoms with E-state index in [1.54, 1.807) is 0 Å². The van der Waals surface area contributed by atoms with Gasteiger partial charge in [0.15, 0.2) is 0 Å². The minimum absolute atomic E-state index is 0.0741. The fourth-order valence-corrected chi connectivity index (χ4v) is 4.26. The molecule has 1 amide bonds. The molecule has 94 valence electrons. The smallest absolute Gasteiger partial charge is 0.235 e. The van der Waals surface area contributed by atoms with Crippen LogP contribution in [0.3, 0.4) is 0 Å². The summed E-state index contributed by atoms with van der Waals surface area (Å²) < 4.78 is 0. The summed E-state index contributed by atoms with van der Waals surface area (Å²) in [6, 6.07) is 8.15. The normalized spacial score (nSPS) is 31.6. The first-order valence-corrected chi connectivity index (χ1v) is 6.87. The SMILES string of the molecule is CC12CC3(CCCC3)C(=O)N1c1ccccc1N2. The molecule has 1 aromatic carbocycles. The summed E-state index contributed by atoms with van der Waals surface area (Å²) in [4.78, 5) is 14.9. The number of para-hydroxylation sites is 2. The largest absolute Gasteiger partial charge is 0.361 e. The molecule has 0 bridgehead atoms. The van der Waals surface area contributed by atoms with E-state index in [9.17, 15) is 4.79 Å². The molecule has 3 nitrogen and oxygen atoms in total. The number of fused-ring (bicyclic) bond motifs is 3. The number of nitrogens with zero attached hydrogens (tertiary/aromatic N) is 1. The van der Waals surface area contributed by atoms with Crippen molar-refractivity contribution >= 4 is 17.3 Å². The van der Waals surface area contributed by atoms with E-state index < -0.39 is 0 Å². The Labute approximate surface area is 107 Å². The number of nitrogens with one attached hydrogen (secondary N) is 1. The molecule has 3 aliphatic rings. The van der Waals surface area contributed by atoms with E-state index in [1.807, 2.05) is 17.0 Å². The van der Waals surface area contributed by atoms with E-state index in [4.69, 9.17) is 0 Å². The molecule has 1 saturated carbocycles. The minimum atomic E-state index is -0.203. The van der Waals surface area contributed by atoms with Crippen molar-refractivity contribution in [3.8, 4) is 0 Å². The maximum Gasteiger partial charge on any atom is 0.235 e. The zero-order valence-corrected chi connectivity index (χ0v) is 10.7. The molecule has 1 aromatic rings. The van der Waals surface area contributed by atoms with Crippen molar-refractivity contribution in [3.63, 3.8) is 0 Å². The second kappa shape index (κ2) is 3.08. The average molecular weight is 242 g/mol. The summed E-state index contributed by atoms with van der Waals surface area (Å²) >= 11 is 0. The van der Waals surface area contributed by atoms with Crippen LogP contribution >= 0.6 is 0 Å². The van der Waals surface area contributed by atoms with Crippen LogP contribution in [-0.2, 0) is 4.79 Å². The Bertz CT molecular complexity index is 533. The number of amides is 1. The Kier molecular flexibility index (Phi) is 1.78. The van der Waals surface area contributed by atoms with Gasteiger partial charge in [0, 0.05) is 6.42 Å². The van der Waals surface area contributed by atoms with Crippen molar-refractivity contribution in [1.29, 1.82) is 0 Å². The van der Waals surface area contributed by atoms with Gasteiger partial charge in [-0.25, -0.2) is 0 Å². The highest BCUT2D eigenvalue weighted by Gasteiger charge is 2.61. The van der Waals surface area contributed by atoms with Crippen LogP contribution < -0.4 is 10.2 Å². The lowest BCUT2D eigenvalue weighted by Gasteiger charge is -2.27. The molecule has 0 aromatic heterocycles. The number of carbonyl (C=O) groups is 1. The number of hydrogen-bond donors (Lipinski definition) is 1. The number of hydrogen-bond acceptors (Lipinski definition) is 2. The molecule has 1 spiro atoms. The Balaban J connectivity index is 1.84. The first-order valence-electron chi connectivity index (χ1n) is 6.87. The monoisotopic (exact) mass is 242 g/mol. The second-order valence-electron chi connectivity index (χ2n) is 6.22. The molecule has 0 radical (unpaired) electrons. The van der Waals surface area contributed by atoms with E-state index in [2.05, 4.69) is 24.4 Å². The third-order valence-corrected chi connectivity index (χ3v) is 4.94. The van der Waals surface area contributed by atoms with E-state index >= 15 is 0 Å². The van der Waals surface area contributed by atoms with Crippen molar-refractivity contribution in [1.82, 2.24) is 0 Å². The zero-order chi connectivity index (χ0) is 12.4. The van der Waals surface area contributed by atoms with Gasteiger partial charge in [-0.05, 0) is 31.9 Å². The number of rotatable bonds is 0. The fourth-order valence-electron chi connectivity index (χ4n) is 4.26. The number of benzene rings is 1. The molecule has 3 heteroatoms. The summed E-state index contributed by atoms with van der Waals surface area (Å²) in [6.07, 6.45) is 5.51. The fraction of sp³-hybridized carbons (Fsp3) is 0.533. The van der Waals surface area contributed by atoms with Crippen LogP contribution in [0.25, 0.3) is 0 Å². The Morgan fingerprint density at radius 3 is 2.72 bits per heavy atom. The van der Waals surface area contributed by atoms with Crippen LogP contribution in [0, 0.1) is 5.41 Å². The molecule has 2 aliphatic heterocycles. The molecule has 4 rings (SSSR count). The Morgan fingerprint density at radius 1 is 1.22 bits per heavy atom. The lowest BCUT2D eigenvalue weighted by atomic mass is 9.82. The first kappa shape index (κ1) is 10.4. The van der Waals surface area contributed by atoms with Gasteiger partial charge in [0.25, 0.3) is 0 Å². The van der Waals surface area contributed by atoms with Crippen molar-refractivity contribution < 1.29 is 4.79 Å². The third kappa shape index (κ3) is 1.08. The highest BCUT2D eigenvalue weighted by molar-refractivity contribution is 6.07. The predicted octanol–water partition coefficient (Wildman–Crippen LogP) is 3.13. The Hall–Kier alpha value is -1.51. The summed E-state index contributed by atoms with van der Waals surface area (Å²) in [6.45, 7) is 2.16. The zero-order valence-electron chi connectivity index (χ0n) is 10.7. The molecule has 1 N–H and O–H groups in total. The van der Waals surface area contributed by atoms with Gasteiger partial charge in [-0.15, -0.1) is 0 Å². The van der Waals surface area contributed by atoms with E-state index in [1.165, 1.54) is 12.8 Å². The average Bonchev–Trinajstić information content (AvgIpc) is 2.95. The quantitative estimate of drug-likeness (QED) is 0.758. The maximum atomic E-state index is 12.9. The van der Waals surface area contributed by atoms with Crippen LogP contribution in [0.1, 0.15) is 39.0 Å². The predicted molar refractivity (Wildman–Crippen MR) is 71.5 cm³/mol. The highest BCUT2D eigenvalue weighted by Crippen LogP contribution is 2.57. The van der Waals surface area contributed by atoms with Gasteiger partial charge in [-0.2, -0.15) is 0 Å². The van der Waals surface area contributed by atoms with Gasteiger partial charge in [0.1, 0.15) is 5.66 Å². The van der Waals surface area contributed by atoms with Crippen LogP contribution in [0.4, 0.5) is 11.4 Å². The maximum absolute atomic E-state index is 12.9. The summed E-state index contributed by atoms with van der Waals surface area (Å²) in [5, 5.41) is 3.56. The Morgan fingerprint density at radius 2 is 1.94 bits per heavy atom. The molecule has 2 fully saturated rings. The summed E-state index contributed by atoms with van der Waals surface area (Å²) in [5.74, 6) is 0.347. The van der Waals surface area contributed by atoms with Gasteiger partial charge < -0.3 is 5.32 Å². The van der Waals surface area contributed by atoms with Crippen molar-refractivity contribution in [2.45, 2.75) is 44.7 Å². The van der Waals surface area contributed by atoms with Gasteiger partial charge >= 0.3 is 0 Å². The van der Waals surface area contributed by atoms with Gasteiger partial charge in [-0.1, -0.05) is 25.0 Å². The standard InChI is InChI=1S/C15H18N2O/c1-14-10-15(8-4-5-9-15)13(18)17(14)12-7-3-2-6-11(12)16-14/h2-3,6-7,16H,4-5,8-10H2,1H3. The third-order valence-electron chi connectivity index (χ3n) is 4.94. The van der Waals surface area contributed by atoms with Crippen LogP contribution in [0.2, 0.25) is 0 Å². The van der Waals surface area contributed by atoms with E-state index in [0.717, 1.165) is 30.6 Å². The molecule has 18 heavy (non-hydrogen) atoms. The molecule has 1 atom stereocenters. The molecule has 2 heterocycles. The van der Waals surface area contributed by atoms with E-state index in [0.29, 0.717) is 5.91 Å². The lowest BCUT2D eigenvalue weighted by Crippen LogP contribution is -2.44. The first-order chi connectivity index (χ1) is 8.65. The van der Waals surface area contributed by atoms with Crippen molar-refractivity contribution in [2.24, 2.45) is 5.41 Å². The van der Waals surface area contributed by atoms with Crippen LogP contribution in [-0.4, -0.2) is 11.6 Å². The lowest BCUT2D eigenvalue weighted by molar-refractivity contribution is -0.125. The molecular weight excluding hydrogens is 224 g/mol. The summed E-state index contributed by atoms with van der Waals surface area (Å²) in [7, 11) is 0. The highest BCUT2D eigenvalue weighted by atomic mass is 16.2. The second-order valence-corrected chi connectivity index (χ2v) is 6.22. The molecule has 1 saturated heterocycles. The number of carbonyl (C=O) groups excluding carboxylic acids is 1. The van der Waals surface area contributed by atoms with E-state index in [-0.39, 0.29) is 11.1 Å². The van der Waals surface area contributed by atoms with Crippen LogP contribution in [0.15, 0.2) is 24.3 Å². The molecule has 1 aliphatic carbocycles. The van der Waals surface area contributed by atoms with Gasteiger partial charge in [0.2, 0.25) is 5.91 Å². The molecule has 1 unspecified atom stereocenters. The topological polar surface area (TPSA) is 32.3 Å².